The standard InChI is InChI=1S/C15H22N2O3/c18-11-13-20-12-10-16-6-8-17(9-7-16)15(19)14-4-2-1-3-5-14/h1-5,18H,6-13H2. The van der Waals surface area contributed by atoms with Crippen LogP contribution in [0, 0.1) is 0 Å². The summed E-state index contributed by atoms with van der Waals surface area (Å²) < 4.78 is 5.26. The zero-order chi connectivity index (χ0) is 14.2. The van der Waals surface area contributed by atoms with Gasteiger partial charge in [0.25, 0.3) is 5.91 Å². The van der Waals surface area contributed by atoms with E-state index in [1.54, 1.807) is 0 Å². The van der Waals surface area contributed by atoms with Crippen LogP contribution < -0.4 is 0 Å². The second-order valence-electron chi connectivity index (χ2n) is 4.84. The molecule has 1 fully saturated rings. The highest BCUT2D eigenvalue weighted by molar-refractivity contribution is 5.94. The molecular weight excluding hydrogens is 256 g/mol. The molecule has 0 bridgehead atoms. The van der Waals surface area contributed by atoms with Crippen molar-refractivity contribution in [3.8, 4) is 0 Å². The van der Waals surface area contributed by atoms with Crippen molar-refractivity contribution in [2.75, 3.05) is 52.5 Å². The van der Waals surface area contributed by atoms with Gasteiger partial charge in [-0.25, -0.2) is 0 Å². The second kappa shape index (κ2) is 7.99. The summed E-state index contributed by atoms with van der Waals surface area (Å²) in [5, 5.41) is 8.62. The maximum absolute atomic E-state index is 12.3. The van der Waals surface area contributed by atoms with E-state index in [1.165, 1.54) is 0 Å². The third kappa shape index (κ3) is 4.30. The number of aliphatic hydroxyl groups excluding tert-OH is 1. The molecule has 0 spiro atoms. The summed E-state index contributed by atoms with van der Waals surface area (Å²) in [5.41, 5.74) is 0.757. The van der Waals surface area contributed by atoms with Crippen molar-refractivity contribution < 1.29 is 14.6 Å². The van der Waals surface area contributed by atoms with E-state index in [4.69, 9.17) is 9.84 Å². The summed E-state index contributed by atoms with van der Waals surface area (Å²) >= 11 is 0. The van der Waals surface area contributed by atoms with Gasteiger partial charge in [0.1, 0.15) is 0 Å². The van der Waals surface area contributed by atoms with Crippen LogP contribution in [-0.2, 0) is 4.74 Å². The summed E-state index contributed by atoms with van der Waals surface area (Å²) in [7, 11) is 0. The fourth-order valence-corrected chi connectivity index (χ4v) is 2.30. The Morgan fingerprint density at radius 3 is 2.45 bits per heavy atom. The van der Waals surface area contributed by atoms with E-state index in [0.717, 1.165) is 38.3 Å². The Hall–Kier alpha value is -1.43. The van der Waals surface area contributed by atoms with Crippen LogP contribution in [-0.4, -0.2) is 73.4 Å². The van der Waals surface area contributed by atoms with E-state index in [1.807, 2.05) is 35.2 Å². The summed E-state index contributed by atoms with van der Waals surface area (Å²) in [6, 6.07) is 9.42. The van der Waals surface area contributed by atoms with Crippen molar-refractivity contribution in [3.63, 3.8) is 0 Å². The first-order valence-corrected chi connectivity index (χ1v) is 7.06. The molecule has 20 heavy (non-hydrogen) atoms. The van der Waals surface area contributed by atoms with Crippen molar-refractivity contribution in [1.82, 2.24) is 9.80 Å². The minimum Gasteiger partial charge on any atom is -0.394 e. The molecule has 1 aliphatic heterocycles. The number of rotatable bonds is 6. The Labute approximate surface area is 119 Å². The smallest absolute Gasteiger partial charge is 0.253 e. The minimum atomic E-state index is 0.0688. The molecule has 1 N–H and O–H groups in total. The zero-order valence-corrected chi connectivity index (χ0v) is 11.7. The van der Waals surface area contributed by atoms with Crippen LogP contribution in [0.3, 0.4) is 0 Å². The summed E-state index contributed by atoms with van der Waals surface area (Å²) in [6.07, 6.45) is 0. The third-order valence-electron chi connectivity index (χ3n) is 3.47. The van der Waals surface area contributed by atoms with Crippen LogP contribution in [0.2, 0.25) is 0 Å². The lowest BCUT2D eigenvalue weighted by Crippen LogP contribution is -2.49. The maximum Gasteiger partial charge on any atom is 0.253 e. The molecule has 2 rings (SSSR count). The highest BCUT2D eigenvalue weighted by atomic mass is 16.5. The Morgan fingerprint density at radius 1 is 1.10 bits per heavy atom. The lowest BCUT2D eigenvalue weighted by Gasteiger charge is -2.34. The molecule has 1 aromatic rings. The fraction of sp³-hybridized carbons (Fsp3) is 0.533. The summed E-state index contributed by atoms with van der Waals surface area (Å²) in [5.74, 6) is 0.113. The van der Waals surface area contributed by atoms with Crippen LogP contribution in [0.5, 0.6) is 0 Å². The van der Waals surface area contributed by atoms with E-state index < -0.39 is 0 Å². The van der Waals surface area contributed by atoms with E-state index >= 15 is 0 Å². The van der Waals surface area contributed by atoms with E-state index in [2.05, 4.69) is 4.90 Å². The molecule has 1 amide bonds. The van der Waals surface area contributed by atoms with Crippen molar-refractivity contribution >= 4 is 5.91 Å². The number of benzene rings is 1. The highest BCUT2D eigenvalue weighted by Gasteiger charge is 2.21. The number of ether oxygens (including phenoxy) is 1. The predicted molar refractivity (Wildman–Crippen MR) is 76.7 cm³/mol. The van der Waals surface area contributed by atoms with Gasteiger partial charge in [-0.05, 0) is 12.1 Å². The minimum absolute atomic E-state index is 0.0688. The molecule has 1 aliphatic rings. The quantitative estimate of drug-likeness (QED) is 0.768. The number of aliphatic hydroxyl groups is 1. The van der Waals surface area contributed by atoms with Crippen LogP contribution in [0.4, 0.5) is 0 Å². The van der Waals surface area contributed by atoms with Crippen molar-refractivity contribution in [2.24, 2.45) is 0 Å². The number of hydrogen-bond donors (Lipinski definition) is 1. The topological polar surface area (TPSA) is 53.0 Å². The van der Waals surface area contributed by atoms with E-state index in [9.17, 15) is 4.79 Å². The molecule has 1 heterocycles. The number of nitrogens with zero attached hydrogens (tertiary/aromatic N) is 2. The lowest BCUT2D eigenvalue weighted by molar-refractivity contribution is 0.0486. The summed E-state index contributed by atoms with van der Waals surface area (Å²) in [6.45, 7) is 5.22. The van der Waals surface area contributed by atoms with Crippen LogP contribution >= 0.6 is 0 Å². The second-order valence-corrected chi connectivity index (χ2v) is 4.84. The molecule has 0 aromatic heterocycles. The van der Waals surface area contributed by atoms with Gasteiger partial charge in [-0.15, -0.1) is 0 Å². The van der Waals surface area contributed by atoms with E-state index in [0.29, 0.717) is 13.2 Å². The van der Waals surface area contributed by atoms with Crippen molar-refractivity contribution in [2.45, 2.75) is 0 Å². The largest absolute Gasteiger partial charge is 0.394 e. The Balaban J connectivity index is 1.73. The first-order valence-electron chi connectivity index (χ1n) is 7.06. The zero-order valence-electron chi connectivity index (χ0n) is 11.7. The first-order chi connectivity index (χ1) is 9.81. The number of carbonyl (C=O) groups is 1. The Morgan fingerprint density at radius 2 is 1.80 bits per heavy atom. The van der Waals surface area contributed by atoms with Gasteiger partial charge < -0.3 is 14.7 Å². The molecule has 0 aliphatic carbocycles. The van der Waals surface area contributed by atoms with Gasteiger partial charge in [-0.1, -0.05) is 18.2 Å². The SMILES string of the molecule is O=C(c1ccccc1)N1CCN(CCOCCO)CC1. The molecule has 1 saturated heterocycles. The normalized spacial score (nSPS) is 16.4. The van der Waals surface area contributed by atoms with Gasteiger partial charge in [0.05, 0.1) is 19.8 Å². The van der Waals surface area contributed by atoms with Gasteiger partial charge in [-0.3, -0.25) is 9.69 Å². The van der Waals surface area contributed by atoms with Gasteiger partial charge >= 0.3 is 0 Å². The first kappa shape index (κ1) is 15.0. The number of amides is 1. The van der Waals surface area contributed by atoms with E-state index in [-0.39, 0.29) is 12.5 Å². The molecule has 5 nitrogen and oxygen atoms in total. The highest BCUT2D eigenvalue weighted by Crippen LogP contribution is 2.08. The molecule has 0 atom stereocenters. The van der Waals surface area contributed by atoms with Crippen LogP contribution in [0.15, 0.2) is 30.3 Å². The molecule has 0 unspecified atom stereocenters. The number of hydrogen-bond acceptors (Lipinski definition) is 4. The molecule has 0 saturated carbocycles. The van der Waals surface area contributed by atoms with Crippen molar-refractivity contribution in [3.05, 3.63) is 35.9 Å². The molecule has 110 valence electrons. The maximum atomic E-state index is 12.3. The van der Waals surface area contributed by atoms with Crippen molar-refractivity contribution in [1.29, 1.82) is 0 Å². The van der Waals surface area contributed by atoms with Gasteiger partial charge in [-0.2, -0.15) is 0 Å². The van der Waals surface area contributed by atoms with Gasteiger partial charge in [0.2, 0.25) is 0 Å². The summed E-state index contributed by atoms with van der Waals surface area (Å²) in [4.78, 5) is 16.4. The molecule has 1 aromatic carbocycles. The average molecular weight is 278 g/mol. The molecular formula is C15H22N2O3. The third-order valence-corrected chi connectivity index (χ3v) is 3.47. The predicted octanol–water partition coefficient (Wildman–Crippen LogP) is 0.453. The monoisotopic (exact) mass is 278 g/mol. The average Bonchev–Trinajstić information content (AvgIpc) is 2.52. The Kier molecular flexibility index (Phi) is 5.98. The fourth-order valence-electron chi connectivity index (χ4n) is 2.30. The van der Waals surface area contributed by atoms with Gasteiger partial charge in [0.15, 0.2) is 0 Å². The Bertz CT molecular complexity index is 403. The van der Waals surface area contributed by atoms with Crippen LogP contribution in [0.25, 0.3) is 0 Å². The number of piperazine rings is 1. The van der Waals surface area contributed by atoms with Crippen LogP contribution in [0.1, 0.15) is 10.4 Å². The number of carbonyl (C=O) groups excluding carboxylic acids is 1. The lowest BCUT2D eigenvalue weighted by atomic mass is 10.2. The van der Waals surface area contributed by atoms with Gasteiger partial charge in [0, 0.05) is 38.3 Å². The molecule has 0 radical (unpaired) electrons. The molecule has 5 heteroatoms.